The molecule has 0 aromatic heterocycles. The molecule has 21 heavy (non-hydrogen) atoms. The minimum absolute atomic E-state index is 0.147. The van der Waals surface area contributed by atoms with E-state index in [4.69, 9.17) is 9.47 Å². The van der Waals surface area contributed by atoms with Crippen LogP contribution in [0.1, 0.15) is 17.5 Å². The van der Waals surface area contributed by atoms with E-state index in [0.29, 0.717) is 25.4 Å². The Morgan fingerprint density at radius 2 is 2.14 bits per heavy atom. The predicted octanol–water partition coefficient (Wildman–Crippen LogP) is 0.866. The van der Waals surface area contributed by atoms with Gasteiger partial charge in [0.05, 0.1) is 12.5 Å². The van der Waals surface area contributed by atoms with Crippen molar-refractivity contribution in [1.29, 1.82) is 0 Å². The van der Waals surface area contributed by atoms with Crippen LogP contribution < -0.4 is 15.6 Å². The Labute approximate surface area is 123 Å². The van der Waals surface area contributed by atoms with Gasteiger partial charge in [0.25, 0.3) is 5.91 Å². The van der Waals surface area contributed by atoms with Crippen molar-refractivity contribution in [3.63, 3.8) is 0 Å². The molecule has 0 saturated carbocycles. The van der Waals surface area contributed by atoms with Gasteiger partial charge in [-0.25, -0.2) is 0 Å². The molecule has 0 radical (unpaired) electrons. The van der Waals surface area contributed by atoms with Crippen LogP contribution in [-0.2, 0) is 14.3 Å². The molecule has 0 spiro atoms. The highest BCUT2D eigenvalue weighted by Gasteiger charge is 2.23. The summed E-state index contributed by atoms with van der Waals surface area (Å²) in [5.74, 6) is -0.151. The minimum Gasteiger partial charge on any atom is -0.483 e. The monoisotopic (exact) mass is 292 g/mol. The number of aryl methyl sites for hydroxylation is 2. The summed E-state index contributed by atoms with van der Waals surface area (Å²) in [7, 11) is 0. The van der Waals surface area contributed by atoms with Crippen molar-refractivity contribution in [2.75, 3.05) is 19.8 Å². The Morgan fingerprint density at radius 1 is 1.33 bits per heavy atom. The molecule has 0 bridgehead atoms. The molecule has 1 aliphatic rings. The molecular weight excluding hydrogens is 272 g/mol. The van der Waals surface area contributed by atoms with Crippen LogP contribution in [0.5, 0.6) is 5.75 Å². The summed E-state index contributed by atoms with van der Waals surface area (Å²) in [4.78, 5) is 23.3. The Kier molecular flexibility index (Phi) is 5.16. The third-order valence-electron chi connectivity index (χ3n) is 3.33. The van der Waals surface area contributed by atoms with Crippen LogP contribution in [-0.4, -0.2) is 31.6 Å². The van der Waals surface area contributed by atoms with Crippen LogP contribution >= 0.6 is 0 Å². The van der Waals surface area contributed by atoms with Crippen molar-refractivity contribution in [3.05, 3.63) is 29.3 Å². The lowest BCUT2D eigenvalue weighted by molar-refractivity contribution is -0.132. The molecule has 1 aliphatic heterocycles. The summed E-state index contributed by atoms with van der Waals surface area (Å²) >= 11 is 0. The maximum atomic E-state index is 11.7. The molecule has 6 nitrogen and oxygen atoms in total. The Morgan fingerprint density at radius 3 is 2.86 bits per heavy atom. The zero-order valence-electron chi connectivity index (χ0n) is 12.3. The van der Waals surface area contributed by atoms with Crippen LogP contribution in [0, 0.1) is 19.8 Å². The Hall–Kier alpha value is -2.08. The SMILES string of the molecule is Cc1ccc(C)c(OCC(=O)NNC(=O)C2CCOC2)c1. The first-order valence-corrected chi connectivity index (χ1v) is 6.93. The van der Waals surface area contributed by atoms with Crippen LogP contribution in [0.25, 0.3) is 0 Å². The van der Waals surface area contributed by atoms with Crippen molar-refractivity contribution in [2.24, 2.45) is 5.92 Å². The van der Waals surface area contributed by atoms with Crippen molar-refractivity contribution in [3.8, 4) is 5.75 Å². The Balaban J connectivity index is 1.74. The van der Waals surface area contributed by atoms with Crippen molar-refractivity contribution < 1.29 is 19.1 Å². The van der Waals surface area contributed by atoms with Gasteiger partial charge >= 0.3 is 0 Å². The highest BCUT2D eigenvalue weighted by Crippen LogP contribution is 2.18. The maximum Gasteiger partial charge on any atom is 0.276 e. The van der Waals surface area contributed by atoms with Crippen LogP contribution in [0.4, 0.5) is 0 Å². The van der Waals surface area contributed by atoms with E-state index >= 15 is 0 Å². The average molecular weight is 292 g/mol. The molecule has 114 valence electrons. The van der Waals surface area contributed by atoms with Gasteiger partial charge in [-0.1, -0.05) is 12.1 Å². The number of nitrogens with one attached hydrogen (secondary N) is 2. The summed E-state index contributed by atoms with van der Waals surface area (Å²) in [5.41, 5.74) is 6.75. The van der Waals surface area contributed by atoms with Crippen LogP contribution in [0.15, 0.2) is 18.2 Å². The van der Waals surface area contributed by atoms with E-state index in [9.17, 15) is 9.59 Å². The number of benzene rings is 1. The van der Waals surface area contributed by atoms with Gasteiger partial charge in [-0.3, -0.25) is 20.4 Å². The fraction of sp³-hybridized carbons (Fsp3) is 0.467. The number of carbonyl (C=O) groups is 2. The van der Waals surface area contributed by atoms with E-state index in [1.807, 2.05) is 32.0 Å². The van der Waals surface area contributed by atoms with Crippen LogP contribution in [0.3, 0.4) is 0 Å². The topological polar surface area (TPSA) is 76.7 Å². The predicted molar refractivity (Wildman–Crippen MR) is 76.6 cm³/mol. The van der Waals surface area contributed by atoms with E-state index < -0.39 is 5.91 Å². The largest absolute Gasteiger partial charge is 0.483 e. The molecule has 1 aromatic rings. The quantitative estimate of drug-likeness (QED) is 0.807. The second kappa shape index (κ2) is 7.08. The van der Waals surface area contributed by atoms with Gasteiger partial charge in [0.1, 0.15) is 5.75 Å². The molecule has 1 unspecified atom stereocenters. The van der Waals surface area contributed by atoms with E-state index in [-0.39, 0.29) is 18.4 Å². The number of hydrazine groups is 1. The normalized spacial score (nSPS) is 17.3. The zero-order valence-corrected chi connectivity index (χ0v) is 12.3. The standard InChI is InChI=1S/C15H20N2O4/c1-10-3-4-11(2)13(7-10)21-9-14(18)16-17-15(19)12-5-6-20-8-12/h3-4,7,12H,5-6,8-9H2,1-2H3,(H,16,18)(H,17,19). The summed E-state index contributed by atoms with van der Waals surface area (Å²) in [6.07, 6.45) is 0.681. The molecule has 1 aromatic carbocycles. The lowest BCUT2D eigenvalue weighted by Gasteiger charge is -2.12. The smallest absolute Gasteiger partial charge is 0.276 e. The molecule has 6 heteroatoms. The first-order valence-electron chi connectivity index (χ1n) is 6.93. The number of amides is 2. The number of hydrogen-bond acceptors (Lipinski definition) is 4. The third kappa shape index (κ3) is 4.46. The molecular formula is C15H20N2O4. The summed E-state index contributed by atoms with van der Waals surface area (Å²) in [5, 5.41) is 0. The highest BCUT2D eigenvalue weighted by atomic mass is 16.5. The summed E-state index contributed by atoms with van der Waals surface area (Å²) < 4.78 is 10.6. The summed E-state index contributed by atoms with van der Waals surface area (Å²) in [6.45, 7) is 4.71. The van der Waals surface area contributed by atoms with Gasteiger partial charge in [-0.05, 0) is 37.5 Å². The molecule has 2 amide bonds. The fourth-order valence-corrected chi connectivity index (χ4v) is 2.02. The van der Waals surface area contributed by atoms with Crippen LogP contribution in [0.2, 0.25) is 0 Å². The van der Waals surface area contributed by atoms with Gasteiger partial charge in [-0.15, -0.1) is 0 Å². The third-order valence-corrected chi connectivity index (χ3v) is 3.33. The van der Waals surface area contributed by atoms with Gasteiger partial charge in [-0.2, -0.15) is 0 Å². The van der Waals surface area contributed by atoms with E-state index in [0.717, 1.165) is 11.1 Å². The number of rotatable bonds is 4. The number of hydrogen-bond donors (Lipinski definition) is 2. The van der Waals surface area contributed by atoms with Gasteiger partial charge in [0, 0.05) is 6.61 Å². The first-order chi connectivity index (χ1) is 10.1. The van der Waals surface area contributed by atoms with E-state index in [1.54, 1.807) is 0 Å². The fourth-order valence-electron chi connectivity index (χ4n) is 2.02. The van der Waals surface area contributed by atoms with Gasteiger partial charge in [0.15, 0.2) is 6.61 Å². The maximum absolute atomic E-state index is 11.7. The number of ether oxygens (including phenoxy) is 2. The zero-order chi connectivity index (χ0) is 15.2. The molecule has 1 heterocycles. The molecule has 2 N–H and O–H groups in total. The number of carbonyl (C=O) groups excluding carboxylic acids is 2. The van der Waals surface area contributed by atoms with E-state index in [2.05, 4.69) is 10.9 Å². The minimum atomic E-state index is -0.400. The van der Waals surface area contributed by atoms with Crippen molar-refractivity contribution in [1.82, 2.24) is 10.9 Å². The lowest BCUT2D eigenvalue weighted by atomic mass is 10.1. The summed E-state index contributed by atoms with van der Waals surface area (Å²) in [6, 6.07) is 5.79. The highest BCUT2D eigenvalue weighted by molar-refractivity contribution is 5.84. The molecule has 0 aliphatic carbocycles. The van der Waals surface area contributed by atoms with Gasteiger partial charge < -0.3 is 9.47 Å². The Bertz CT molecular complexity index is 524. The first kappa shape index (κ1) is 15.3. The molecule has 1 saturated heterocycles. The second-order valence-electron chi connectivity index (χ2n) is 5.16. The van der Waals surface area contributed by atoms with Crippen molar-refractivity contribution in [2.45, 2.75) is 20.3 Å². The molecule has 1 atom stereocenters. The lowest BCUT2D eigenvalue weighted by Crippen LogP contribution is -2.46. The van der Waals surface area contributed by atoms with E-state index in [1.165, 1.54) is 0 Å². The van der Waals surface area contributed by atoms with Gasteiger partial charge in [0.2, 0.25) is 5.91 Å². The molecule has 1 fully saturated rings. The average Bonchev–Trinajstić information content (AvgIpc) is 3.00. The van der Waals surface area contributed by atoms with Crippen molar-refractivity contribution >= 4 is 11.8 Å². The second-order valence-corrected chi connectivity index (χ2v) is 5.16. The molecule has 2 rings (SSSR count).